The topological polar surface area (TPSA) is 93.9 Å². The summed E-state index contributed by atoms with van der Waals surface area (Å²) in [7, 11) is 0. The standard InChI is InChI=1S/C14H17N5O2/c1-10-3-6-14(20)19(10)8-7-11-9-12(16-17-15)4-5-13(11)18(2)21/h4-5,9,15,21H,1-3,6-8H2/q+2. The maximum absolute atomic E-state index is 11.7. The van der Waals surface area contributed by atoms with Gasteiger partial charge in [-0.15, -0.1) is 0 Å². The van der Waals surface area contributed by atoms with Crippen molar-refractivity contribution >= 4 is 24.0 Å². The highest BCUT2D eigenvalue weighted by atomic mass is 16.5. The molecule has 0 aromatic heterocycles. The third kappa shape index (κ3) is 3.21. The summed E-state index contributed by atoms with van der Waals surface area (Å²) in [5.74, 6) is 0.0685. The molecule has 1 fully saturated rings. The number of rotatable bonds is 5. The van der Waals surface area contributed by atoms with Crippen LogP contribution >= 0.6 is 0 Å². The quantitative estimate of drug-likeness (QED) is 0.217. The molecular formula is C14H17N5O2+2. The summed E-state index contributed by atoms with van der Waals surface area (Å²) in [6.07, 6.45) is 1.72. The van der Waals surface area contributed by atoms with Crippen LogP contribution in [-0.2, 0) is 11.2 Å². The number of likely N-dealkylation sites (tertiary alicyclic amines) is 1. The lowest BCUT2D eigenvalue weighted by Gasteiger charge is -2.16. The first-order valence-corrected chi connectivity index (χ1v) is 6.51. The maximum atomic E-state index is 11.7. The van der Waals surface area contributed by atoms with Crippen LogP contribution in [-0.4, -0.2) is 34.0 Å². The summed E-state index contributed by atoms with van der Waals surface area (Å²) >= 11 is 0. The Morgan fingerprint density at radius 3 is 2.81 bits per heavy atom. The Kier molecular flexibility index (Phi) is 4.25. The molecule has 0 saturated carbocycles. The number of nitrogens with zero attached hydrogens (tertiary/aromatic N) is 4. The first kappa shape index (κ1) is 14.6. The third-order valence-electron chi connectivity index (χ3n) is 3.42. The predicted octanol–water partition coefficient (Wildman–Crippen LogP) is 2.28. The molecule has 7 heteroatoms. The van der Waals surface area contributed by atoms with Crippen molar-refractivity contribution in [1.29, 1.82) is 5.53 Å². The van der Waals surface area contributed by atoms with E-state index < -0.39 is 0 Å². The summed E-state index contributed by atoms with van der Waals surface area (Å²) in [6.45, 7) is 7.82. The highest BCUT2D eigenvalue weighted by Gasteiger charge is 2.24. The van der Waals surface area contributed by atoms with E-state index in [0.29, 0.717) is 37.2 Å². The van der Waals surface area contributed by atoms with E-state index in [1.165, 1.54) is 0 Å². The molecule has 108 valence electrons. The Morgan fingerprint density at radius 2 is 2.24 bits per heavy atom. The Hall–Kier alpha value is -2.79. The van der Waals surface area contributed by atoms with Crippen LogP contribution in [0.2, 0.25) is 0 Å². The normalized spacial score (nSPS) is 14.2. The van der Waals surface area contributed by atoms with Gasteiger partial charge < -0.3 is 4.90 Å². The molecule has 0 unspecified atom stereocenters. The summed E-state index contributed by atoms with van der Waals surface area (Å²) in [4.78, 5) is 16.4. The fourth-order valence-corrected chi connectivity index (χ4v) is 2.36. The van der Waals surface area contributed by atoms with E-state index in [2.05, 4.69) is 23.3 Å². The number of allylic oxidation sites excluding steroid dienone is 1. The van der Waals surface area contributed by atoms with E-state index in [1.807, 2.05) is 0 Å². The highest BCUT2D eigenvalue weighted by molar-refractivity contribution is 5.81. The van der Waals surface area contributed by atoms with Gasteiger partial charge in [0.15, 0.2) is 17.5 Å². The first-order chi connectivity index (χ1) is 10.0. The number of amides is 1. The molecule has 2 N–H and O–H groups in total. The average Bonchev–Trinajstić information content (AvgIpc) is 2.76. The molecule has 0 atom stereocenters. The zero-order valence-corrected chi connectivity index (χ0v) is 11.6. The van der Waals surface area contributed by atoms with Crippen molar-refractivity contribution in [2.75, 3.05) is 6.54 Å². The molecule has 2 rings (SSSR count). The van der Waals surface area contributed by atoms with Gasteiger partial charge in [0, 0.05) is 35.0 Å². The summed E-state index contributed by atoms with van der Waals surface area (Å²) < 4.78 is 0.775. The van der Waals surface area contributed by atoms with Crippen molar-refractivity contribution in [3.05, 3.63) is 36.0 Å². The minimum absolute atomic E-state index is 0.0685. The van der Waals surface area contributed by atoms with Crippen LogP contribution in [0, 0.1) is 5.53 Å². The minimum Gasteiger partial charge on any atom is -0.316 e. The lowest BCUT2D eigenvalue weighted by molar-refractivity contribution is -0.706. The Bertz CT molecular complexity index is 645. The zero-order chi connectivity index (χ0) is 15.4. The lowest BCUT2D eigenvalue weighted by Crippen LogP contribution is -2.25. The number of carbonyl (C=O) groups is 1. The van der Waals surface area contributed by atoms with Crippen molar-refractivity contribution < 1.29 is 14.7 Å². The van der Waals surface area contributed by atoms with Crippen LogP contribution < -0.4 is 4.91 Å². The largest absolute Gasteiger partial charge is 0.316 e. The van der Waals surface area contributed by atoms with Gasteiger partial charge in [0.2, 0.25) is 10.8 Å². The molecule has 0 bridgehead atoms. The van der Waals surface area contributed by atoms with Crippen LogP contribution in [0.4, 0.5) is 11.4 Å². The average molecular weight is 287 g/mol. The summed E-state index contributed by atoms with van der Waals surface area (Å²) in [6, 6.07) is 4.99. The number of carbonyl (C=O) groups excluding carboxylic acids is 1. The monoisotopic (exact) mass is 287 g/mol. The van der Waals surface area contributed by atoms with Crippen molar-refractivity contribution in [3.8, 4) is 0 Å². The van der Waals surface area contributed by atoms with E-state index in [1.54, 1.807) is 23.1 Å². The van der Waals surface area contributed by atoms with Crippen molar-refractivity contribution in [2.24, 2.45) is 5.11 Å². The summed E-state index contributed by atoms with van der Waals surface area (Å²) in [5.41, 5.74) is 9.38. The van der Waals surface area contributed by atoms with E-state index in [-0.39, 0.29) is 5.91 Å². The molecule has 0 spiro atoms. The zero-order valence-electron chi connectivity index (χ0n) is 11.6. The van der Waals surface area contributed by atoms with Crippen LogP contribution in [0.1, 0.15) is 18.4 Å². The van der Waals surface area contributed by atoms with Gasteiger partial charge in [0.05, 0.1) is 0 Å². The molecule has 1 aliphatic rings. The van der Waals surface area contributed by atoms with Crippen molar-refractivity contribution in [2.45, 2.75) is 19.3 Å². The molecular weight excluding hydrogens is 270 g/mol. The molecule has 1 heterocycles. The molecule has 0 aliphatic carbocycles. The third-order valence-corrected chi connectivity index (χ3v) is 3.42. The number of nitrogens with one attached hydrogen (secondary N) is 1. The smallest absolute Gasteiger partial charge is 0.259 e. The van der Waals surface area contributed by atoms with Crippen LogP contribution in [0.5, 0.6) is 0 Å². The lowest BCUT2D eigenvalue weighted by atomic mass is 10.1. The van der Waals surface area contributed by atoms with Gasteiger partial charge in [-0.3, -0.25) is 10.0 Å². The van der Waals surface area contributed by atoms with Gasteiger partial charge in [0.25, 0.3) is 5.69 Å². The maximum Gasteiger partial charge on any atom is 0.259 e. The number of benzene rings is 1. The van der Waals surface area contributed by atoms with E-state index in [0.717, 1.165) is 16.0 Å². The molecule has 1 aromatic rings. The molecule has 1 amide bonds. The van der Waals surface area contributed by atoms with Crippen molar-refractivity contribution in [1.82, 2.24) is 9.81 Å². The van der Waals surface area contributed by atoms with E-state index in [9.17, 15) is 10.0 Å². The SMILES string of the molecule is C=C1CCC(=O)N1CCc1cc(N=[N+]=N)ccc1[N+](=C)O. The second kappa shape index (κ2) is 6.11. The highest BCUT2D eigenvalue weighted by Crippen LogP contribution is 2.26. The molecule has 1 saturated heterocycles. The van der Waals surface area contributed by atoms with Gasteiger partial charge in [0.1, 0.15) is 5.53 Å². The second-order valence-corrected chi connectivity index (χ2v) is 4.77. The van der Waals surface area contributed by atoms with Crippen LogP contribution in [0.25, 0.3) is 0 Å². The molecule has 1 aliphatic heterocycles. The van der Waals surface area contributed by atoms with Gasteiger partial charge in [-0.2, -0.15) is 0 Å². The molecule has 1 aromatic carbocycles. The molecule has 21 heavy (non-hydrogen) atoms. The second-order valence-electron chi connectivity index (χ2n) is 4.77. The van der Waals surface area contributed by atoms with Crippen LogP contribution in [0.3, 0.4) is 0 Å². The Labute approximate surface area is 122 Å². The number of hydrogen-bond donors (Lipinski definition) is 2. The fourth-order valence-electron chi connectivity index (χ4n) is 2.36. The number of hydrogen-bond acceptors (Lipinski definition) is 4. The fraction of sp³-hybridized carbons (Fsp3) is 0.286. The summed E-state index contributed by atoms with van der Waals surface area (Å²) in [5, 5.41) is 13.2. The van der Waals surface area contributed by atoms with Crippen LogP contribution in [0.15, 0.2) is 35.6 Å². The predicted molar refractivity (Wildman–Crippen MR) is 76.0 cm³/mol. The van der Waals surface area contributed by atoms with Gasteiger partial charge in [-0.25, -0.2) is 0 Å². The molecule has 0 radical (unpaired) electrons. The Morgan fingerprint density at radius 1 is 1.48 bits per heavy atom. The van der Waals surface area contributed by atoms with E-state index in [4.69, 9.17) is 5.53 Å². The first-order valence-electron chi connectivity index (χ1n) is 6.51. The minimum atomic E-state index is 0.0685. The van der Waals surface area contributed by atoms with Gasteiger partial charge in [-0.05, 0) is 25.0 Å². The van der Waals surface area contributed by atoms with Crippen molar-refractivity contribution in [3.63, 3.8) is 0 Å². The Balaban J connectivity index is 2.22. The molecule has 7 nitrogen and oxygen atoms in total. The van der Waals surface area contributed by atoms with Gasteiger partial charge >= 0.3 is 0 Å². The van der Waals surface area contributed by atoms with E-state index >= 15 is 0 Å². The van der Waals surface area contributed by atoms with Gasteiger partial charge in [-0.1, -0.05) is 6.58 Å².